The van der Waals surface area contributed by atoms with E-state index in [4.69, 9.17) is 19.4 Å². The van der Waals surface area contributed by atoms with E-state index in [0.717, 1.165) is 111 Å². The van der Waals surface area contributed by atoms with Gasteiger partial charge in [-0.25, -0.2) is 19.6 Å². The van der Waals surface area contributed by atoms with Crippen LogP contribution < -0.4 is 10.6 Å². The fraction of sp³-hybridized carbons (Fsp3) is 0.516. The van der Waals surface area contributed by atoms with Gasteiger partial charge in [-0.15, -0.1) is 0 Å². The first-order valence-corrected chi connectivity index (χ1v) is 28.2. The van der Waals surface area contributed by atoms with Crippen LogP contribution in [0.1, 0.15) is 149 Å². The first-order chi connectivity index (χ1) is 36.7. The maximum atomic E-state index is 14.2. The monoisotopic (exact) mass is 1030 g/mol. The normalized spacial score (nSPS) is 22.8. The quantitative estimate of drug-likeness (QED) is 0.111. The first kappa shape index (κ1) is 52.7. The molecule has 4 heterocycles. The van der Waals surface area contributed by atoms with Crippen LogP contribution in [0.2, 0.25) is 0 Å². The Labute approximate surface area is 447 Å². The number of fused-ring (bicyclic) bond motifs is 4. The van der Waals surface area contributed by atoms with Crippen molar-refractivity contribution in [2.75, 3.05) is 14.2 Å². The number of H-pyrrole nitrogens is 2. The standard InChI is InChI=1S/C39H46N4O3.C23H32N4O3/c1-23(2)36(42-39(45)46-4)38(44)43-34-8-6-5-7-30(34)22-35(43)37-40-32-18-17-29(21-33(32)41-37)31-20-26-10-14-27-13-9-25(19-24(27)3)11-15-28(31)16-12-26;1-13(2)20(26-23(29)30-4)22(28)27-18-8-6-5-7-15(18)12-19(27)21-24-16-10-9-14(3)11-17(16)25-21/h9,12-13,16-21,23,30,34-36H,5-8,10-11,14-15,22H2,1-4H3,(H,40,41)(H,42,45);9-11,13,15,18-20H,5-8,12H2,1-4H3,(H,24,25)(H,26,29). The molecule has 2 aliphatic heterocycles. The predicted molar refractivity (Wildman–Crippen MR) is 297 cm³/mol. The molecule has 4 fully saturated rings. The Hall–Kier alpha value is -6.70. The first-order valence-electron chi connectivity index (χ1n) is 28.2. The number of imidazole rings is 2. The van der Waals surface area contributed by atoms with Crippen molar-refractivity contribution in [3.63, 3.8) is 0 Å². The molecule has 4 N–H and O–H groups in total. The summed E-state index contributed by atoms with van der Waals surface area (Å²) in [5, 5.41) is 5.58. The van der Waals surface area contributed by atoms with Crippen molar-refractivity contribution in [1.82, 2.24) is 40.4 Å². The van der Waals surface area contributed by atoms with Gasteiger partial charge in [0, 0.05) is 12.1 Å². The van der Waals surface area contributed by atoms with Gasteiger partial charge >= 0.3 is 12.2 Å². The molecule has 2 saturated carbocycles. The average Bonchev–Trinajstić information content (AvgIpc) is 4.22. The van der Waals surface area contributed by atoms with Gasteiger partial charge < -0.3 is 39.9 Å². The van der Waals surface area contributed by atoms with Gasteiger partial charge in [-0.05, 0) is 171 Å². The molecule has 8 unspecified atom stereocenters. The number of likely N-dealkylation sites (tertiary alicyclic amines) is 2. The van der Waals surface area contributed by atoms with Gasteiger partial charge in [0.25, 0.3) is 0 Å². The van der Waals surface area contributed by atoms with Crippen molar-refractivity contribution in [3.05, 3.63) is 118 Å². The maximum Gasteiger partial charge on any atom is 0.407 e. The molecule has 14 heteroatoms. The highest BCUT2D eigenvalue weighted by atomic mass is 16.5. The van der Waals surface area contributed by atoms with Gasteiger partial charge in [-0.2, -0.15) is 0 Å². The number of nitrogens with one attached hydrogen (secondary N) is 4. The van der Waals surface area contributed by atoms with Crippen molar-refractivity contribution in [2.45, 2.75) is 168 Å². The number of aryl methyl sites for hydroxylation is 6. The smallest absolute Gasteiger partial charge is 0.407 e. The van der Waals surface area contributed by atoms with E-state index in [9.17, 15) is 19.2 Å². The topological polar surface area (TPSA) is 175 Å². The van der Waals surface area contributed by atoms with Gasteiger partial charge in [0.2, 0.25) is 11.8 Å². The minimum absolute atomic E-state index is 0.0357. The molecular formula is C62H78N8O6. The number of rotatable bonds is 9. The molecule has 0 radical (unpaired) electrons. The molecule has 4 bridgehead atoms. The molecule has 6 aromatic rings. The van der Waals surface area contributed by atoms with Crippen LogP contribution in [0, 0.1) is 37.5 Å². The zero-order valence-corrected chi connectivity index (χ0v) is 45.8. The molecule has 2 aromatic heterocycles. The van der Waals surface area contributed by atoms with Crippen molar-refractivity contribution < 1.29 is 28.7 Å². The van der Waals surface area contributed by atoms with Crippen LogP contribution in [0.25, 0.3) is 33.2 Å². The molecule has 14 nitrogen and oxygen atoms in total. The second kappa shape index (κ2) is 22.5. The highest BCUT2D eigenvalue weighted by Gasteiger charge is 2.50. The SMILES string of the molecule is COC(=O)NC(C(=O)N1C(c2nc3ccc(-c4cc5ccc4CCc4ccc(c(C)c4)CC5)cc3[nH]2)CC2CCCCC21)C(C)C.COC(=O)NC(C(=O)N1C(c2nc3ccc(C)cc3[nH]2)CC2CCCCC21)C(C)C. The van der Waals surface area contributed by atoms with E-state index in [1.165, 1.54) is 71.6 Å². The Morgan fingerprint density at radius 2 is 1.07 bits per heavy atom. The van der Waals surface area contributed by atoms with Crippen LogP contribution in [-0.2, 0) is 44.7 Å². The zero-order chi connectivity index (χ0) is 53.4. The number of hydrogen-bond donors (Lipinski definition) is 4. The minimum atomic E-state index is -0.653. The number of carbonyl (C=O) groups is 4. The lowest BCUT2D eigenvalue weighted by atomic mass is 9.84. The molecule has 2 saturated heterocycles. The number of benzene rings is 4. The zero-order valence-electron chi connectivity index (χ0n) is 45.8. The molecule has 8 atom stereocenters. The van der Waals surface area contributed by atoms with E-state index in [1.807, 2.05) is 38.7 Å². The lowest BCUT2D eigenvalue weighted by Crippen LogP contribution is -2.53. The fourth-order valence-corrected chi connectivity index (χ4v) is 13.4. The third-order valence-electron chi connectivity index (χ3n) is 17.5. The highest BCUT2D eigenvalue weighted by molar-refractivity contribution is 5.88. The lowest BCUT2D eigenvalue weighted by molar-refractivity contribution is -0.139. The van der Waals surface area contributed by atoms with E-state index in [2.05, 4.69) is 106 Å². The maximum absolute atomic E-state index is 14.2. The summed E-state index contributed by atoms with van der Waals surface area (Å²) in [6.07, 6.45) is 13.6. The summed E-state index contributed by atoms with van der Waals surface area (Å²) < 4.78 is 9.65. The number of alkyl carbamates (subject to hydrolysis) is 2. The predicted octanol–water partition coefficient (Wildman–Crippen LogP) is 11.7. The Kier molecular flexibility index (Phi) is 15.6. The second-order valence-corrected chi connectivity index (χ2v) is 23.2. The number of hydrogen-bond acceptors (Lipinski definition) is 8. The summed E-state index contributed by atoms with van der Waals surface area (Å²) in [7, 11) is 2.66. The van der Waals surface area contributed by atoms with Crippen LogP contribution in [-0.4, -0.2) is 92.1 Å². The van der Waals surface area contributed by atoms with Gasteiger partial charge in [0.15, 0.2) is 0 Å². The van der Waals surface area contributed by atoms with Gasteiger partial charge in [0.1, 0.15) is 23.7 Å². The van der Waals surface area contributed by atoms with E-state index < -0.39 is 24.3 Å². The number of ether oxygens (including phenoxy) is 2. The van der Waals surface area contributed by atoms with Crippen molar-refractivity contribution in [1.29, 1.82) is 0 Å². The Morgan fingerprint density at radius 3 is 1.59 bits per heavy atom. The van der Waals surface area contributed by atoms with Crippen LogP contribution in [0.4, 0.5) is 9.59 Å². The summed E-state index contributed by atoms with van der Waals surface area (Å²) >= 11 is 0. The number of amides is 4. The lowest BCUT2D eigenvalue weighted by Gasteiger charge is -2.36. The van der Waals surface area contributed by atoms with E-state index in [-0.39, 0.29) is 47.8 Å². The summed E-state index contributed by atoms with van der Waals surface area (Å²) in [6, 6.07) is 25.6. The summed E-state index contributed by atoms with van der Waals surface area (Å²) in [5.74, 6) is 2.41. The minimum Gasteiger partial charge on any atom is -0.453 e. The number of methoxy groups -OCH3 is 2. The highest BCUT2D eigenvalue weighted by Crippen LogP contribution is 2.48. The third-order valence-corrected chi connectivity index (χ3v) is 17.5. The molecule has 6 aliphatic carbocycles. The van der Waals surface area contributed by atoms with Crippen LogP contribution in [0.15, 0.2) is 72.8 Å². The molecule has 402 valence electrons. The van der Waals surface area contributed by atoms with Gasteiger partial charge in [-0.3, -0.25) is 9.59 Å². The van der Waals surface area contributed by atoms with Crippen molar-refractivity contribution in [3.8, 4) is 11.1 Å². The largest absolute Gasteiger partial charge is 0.453 e. The van der Waals surface area contributed by atoms with Crippen LogP contribution in [0.3, 0.4) is 0 Å². The number of aromatic amines is 2. The van der Waals surface area contributed by atoms with E-state index in [0.29, 0.717) is 11.8 Å². The molecule has 4 aromatic carbocycles. The molecular weight excluding hydrogens is 953 g/mol. The molecule has 14 rings (SSSR count). The van der Waals surface area contributed by atoms with E-state index in [1.54, 1.807) is 0 Å². The Balaban J connectivity index is 0.000000189. The molecule has 8 aliphatic rings. The summed E-state index contributed by atoms with van der Waals surface area (Å²) in [4.78, 5) is 73.3. The molecule has 76 heavy (non-hydrogen) atoms. The van der Waals surface area contributed by atoms with E-state index >= 15 is 0 Å². The molecule has 4 amide bonds. The second-order valence-electron chi connectivity index (χ2n) is 23.2. The summed E-state index contributed by atoms with van der Waals surface area (Å²) in [6.45, 7) is 12.1. The number of aromatic nitrogens is 4. The van der Waals surface area contributed by atoms with Crippen molar-refractivity contribution in [2.24, 2.45) is 23.7 Å². The van der Waals surface area contributed by atoms with Crippen LogP contribution in [0.5, 0.6) is 0 Å². The average molecular weight is 1030 g/mol. The fourth-order valence-electron chi connectivity index (χ4n) is 13.4. The van der Waals surface area contributed by atoms with Gasteiger partial charge in [-0.1, -0.05) is 102 Å². The Morgan fingerprint density at radius 1 is 0.579 bits per heavy atom. The number of nitrogens with zero attached hydrogens (tertiary/aromatic N) is 4. The third kappa shape index (κ3) is 10.8. The number of carbonyl (C=O) groups excluding carboxylic acids is 4. The summed E-state index contributed by atoms with van der Waals surface area (Å²) in [5.41, 5.74) is 14.4. The van der Waals surface area contributed by atoms with Crippen LogP contribution >= 0.6 is 0 Å². The van der Waals surface area contributed by atoms with Gasteiger partial charge in [0.05, 0.1) is 48.4 Å². The Bertz CT molecular complexity index is 3100. The van der Waals surface area contributed by atoms with Crippen molar-refractivity contribution >= 4 is 46.1 Å². The molecule has 0 spiro atoms.